The SMILES string of the molecule is O=C1C=C2CC[C@@H]3C(=C2CC1)C(O)C[C@@H]1CCC[C@H]13. The van der Waals surface area contributed by atoms with Gasteiger partial charge in [-0.1, -0.05) is 12.8 Å². The molecule has 4 atom stereocenters. The average molecular weight is 258 g/mol. The van der Waals surface area contributed by atoms with Gasteiger partial charge in [0.15, 0.2) is 5.78 Å². The predicted octanol–water partition coefficient (Wildman–Crippen LogP) is 3.16. The molecule has 0 aromatic carbocycles. The maximum Gasteiger partial charge on any atom is 0.156 e. The van der Waals surface area contributed by atoms with Crippen LogP contribution in [-0.2, 0) is 4.79 Å². The molecule has 0 aliphatic heterocycles. The van der Waals surface area contributed by atoms with E-state index in [2.05, 4.69) is 0 Å². The van der Waals surface area contributed by atoms with Crippen molar-refractivity contribution in [2.75, 3.05) is 0 Å². The van der Waals surface area contributed by atoms with Crippen molar-refractivity contribution in [1.29, 1.82) is 0 Å². The van der Waals surface area contributed by atoms with Gasteiger partial charge in [-0.3, -0.25) is 4.79 Å². The van der Waals surface area contributed by atoms with Crippen molar-refractivity contribution in [3.8, 4) is 0 Å². The molecule has 0 bridgehead atoms. The van der Waals surface area contributed by atoms with Gasteiger partial charge in [-0.25, -0.2) is 0 Å². The highest BCUT2D eigenvalue weighted by molar-refractivity contribution is 5.93. The fraction of sp³-hybridized carbons (Fsp3) is 0.706. The molecule has 2 saturated carbocycles. The lowest BCUT2D eigenvalue weighted by atomic mass is 9.62. The van der Waals surface area contributed by atoms with Gasteiger partial charge in [0, 0.05) is 6.42 Å². The number of rotatable bonds is 0. The van der Waals surface area contributed by atoms with Crippen molar-refractivity contribution < 1.29 is 9.90 Å². The Hall–Kier alpha value is -0.890. The first-order valence-electron chi connectivity index (χ1n) is 7.89. The number of ketones is 1. The van der Waals surface area contributed by atoms with E-state index in [9.17, 15) is 9.90 Å². The summed E-state index contributed by atoms with van der Waals surface area (Å²) in [4.78, 5) is 11.6. The van der Waals surface area contributed by atoms with Crippen LogP contribution in [-0.4, -0.2) is 17.0 Å². The van der Waals surface area contributed by atoms with Gasteiger partial charge in [0.1, 0.15) is 0 Å². The molecule has 0 spiro atoms. The molecule has 0 saturated heterocycles. The Morgan fingerprint density at radius 1 is 1.11 bits per heavy atom. The third kappa shape index (κ3) is 1.76. The van der Waals surface area contributed by atoms with Crippen LogP contribution in [0.2, 0.25) is 0 Å². The molecule has 0 aromatic rings. The first-order valence-corrected chi connectivity index (χ1v) is 7.89. The summed E-state index contributed by atoms with van der Waals surface area (Å²) < 4.78 is 0. The molecule has 4 rings (SSSR count). The third-order valence-electron chi connectivity index (χ3n) is 5.94. The summed E-state index contributed by atoms with van der Waals surface area (Å²) in [6, 6.07) is 0. The Labute approximate surface area is 114 Å². The van der Waals surface area contributed by atoms with E-state index in [4.69, 9.17) is 0 Å². The minimum absolute atomic E-state index is 0.226. The van der Waals surface area contributed by atoms with E-state index in [1.165, 1.54) is 36.0 Å². The summed E-state index contributed by atoms with van der Waals surface area (Å²) in [7, 11) is 0. The second-order valence-corrected chi connectivity index (χ2v) is 6.82. The third-order valence-corrected chi connectivity index (χ3v) is 5.94. The second-order valence-electron chi connectivity index (χ2n) is 6.82. The molecule has 1 unspecified atom stereocenters. The quantitative estimate of drug-likeness (QED) is 0.724. The topological polar surface area (TPSA) is 37.3 Å². The summed E-state index contributed by atoms with van der Waals surface area (Å²) in [5.41, 5.74) is 3.96. The van der Waals surface area contributed by atoms with Crippen LogP contribution in [0, 0.1) is 17.8 Å². The Kier molecular flexibility index (Phi) is 2.70. The first kappa shape index (κ1) is 11.9. The van der Waals surface area contributed by atoms with Gasteiger partial charge in [0.05, 0.1) is 6.10 Å². The molecular formula is C17H22O2. The van der Waals surface area contributed by atoms with E-state index in [0.717, 1.165) is 37.5 Å². The Morgan fingerprint density at radius 3 is 2.89 bits per heavy atom. The maximum atomic E-state index is 11.6. The normalized spacial score (nSPS) is 41.5. The van der Waals surface area contributed by atoms with Crippen LogP contribution in [0.5, 0.6) is 0 Å². The number of aliphatic hydroxyl groups is 1. The van der Waals surface area contributed by atoms with E-state index in [1.807, 2.05) is 6.08 Å². The van der Waals surface area contributed by atoms with Gasteiger partial charge in [-0.2, -0.15) is 0 Å². The summed E-state index contributed by atoms with van der Waals surface area (Å²) in [6.07, 6.45) is 10.4. The lowest BCUT2D eigenvalue weighted by molar-refractivity contribution is -0.114. The molecule has 4 aliphatic carbocycles. The predicted molar refractivity (Wildman–Crippen MR) is 73.5 cm³/mol. The molecule has 4 aliphatic rings. The van der Waals surface area contributed by atoms with Gasteiger partial charge >= 0.3 is 0 Å². The van der Waals surface area contributed by atoms with Crippen molar-refractivity contribution in [3.63, 3.8) is 0 Å². The van der Waals surface area contributed by atoms with E-state index in [0.29, 0.717) is 12.3 Å². The highest BCUT2D eigenvalue weighted by Crippen LogP contribution is 2.54. The molecular weight excluding hydrogens is 236 g/mol. The Morgan fingerprint density at radius 2 is 2.00 bits per heavy atom. The highest BCUT2D eigenvalue weighted by atomic mass is 16.3. The number of allylic oxidation sites excluding steroid dienone is 3. The second kappa shape index (κ2) is 4.31. The maximum absolute atomic E-state index is 11.6. The molecule has 0 amide bonds. The van der Waals surface area contributed by atoms with Crippen molar-refractivity contribution >= 4 is 5.78 Å². The zero-order chi connectivity index (χ0) is 13.0. The van der Waals surface area contributed by atoms with Gasteiger partial charge in [0.2, 0.25) is 0 Å². The van der Waals surface area contributed by atoms with Crippen LogP contribution in [0.3, 0.4) is 0 Å². The van der Waals surface area contributed by atoms with Gasteiger partial charge in [0.25, 0.3) is 0 Å². The van der Waals surface area contributed by atoms with Crippen LogP contribution in [0.15, 0.2) is 22.8 Å². The van der Waals surface area contributed by atoms with E-state index >= 15 is 0 Å². The average Bonchev–Trinajstić information content (AvgIpc) is 2.86. The summed E-state index contributed by atoms with van der Waals surface area (Å²) >= 11 is 0. The van der Waals surface area contributed by atoms with Gasteiger partial charge in [-0.15, -0.1) is 0 Å². The summed E-state index contributed by atoms with van der Waals surface area (Å²) in [6.45, 7) is 0. The number of fused-ring (bicyclic) bond motifs is 4. The Balaban J connectivity index is 1.78. The van der Waals surface area contributed by atoms with Gasteiger partial charge in [-0.05, 0) is 72.7 Å². The van der Waals surface area contributed by atoms with Crippen LogP contribution in [0.25, 0.3) is 0 Å². The van der Waals surface area contributed by atoms with Crippen molar-refractivity contribution in [3.05, 3.63) is 22.8 Å². The van der Waals surface area contributed by atoms with Crippen LogP contribution in [0.1, 0.15) is 51.4 Å². The van der Waals surface area contributed by atoms with Crippen molar-refractivity contribution in [2.24, 2.45) is 17.8 Å². The van der Waals surface area contributed by atoms with E-state index in [-0.39, 0.29) is 11.9 Å². The lowest BCUT2D eigenvalue weighted by Crippen LogP contribution is -2.38. The molecule has 2 nitrogen and oxygen atoms in total. The number of carbonyl (C=O) groups excluding carboxylic acids is 1. The minimum Gasteiger partial charge on any atom is -0.389 e. The monoisotopic (exact) mass is 258 g/mol. The number of hydrogen-bond acceptors (Lipinski definition) is 2. The van der Waals surface area contributed by atoms with E-state index in [1.54, 1.807) is 0 Å². The molecule has 2 heteroatoms. The zero-order valence-electron chi connectivity index (χ0n) is 11.4. The van der Waals surface area contributed by atoms with Gasteiger partial charge < -0.3 is 5.11 Å². The van der Waals surface area contributed by atoms with Crippen LogP contribution >= 0.6 is 0 Å². The Bertz CT molecular complexity index is 485. The molecule has 0 heterocycles. The molecule has 0 radical (unpaired) electrons. The van der Waals surface area contributed by atoms with Crippen LogP contribution in [0.4, 0.5) is 0 Å². The minimum atomic E-state index is -0.226. The number of carbonyl (C=O) groups is 1. The van der Waals surface area contributed by atoms with E-state index < -0.39 is 0 Å². The summed E-state index contributed by atoms with van der Waals surface area (Å²) in [5.74, 6) is 2.49. The molecule has 19 heavy (non-hydrogen) atoms. The lowest BCUT2D eigenvalue weighted by Gasteiger charge is -2.44. The fourth-order valence-corrected chi connectivity index (χ4v) is 5.20. The first-order chi connectivity index (χ1) is 9.24. The standard InChI is InChI=1S/C17H22O2/c18-12-5-7-14-11(8-12)4-6-15-13-3-1-2-10(13)9-16(19)17(14)15/h8,10,13,15-16,19H,1-7,9H2/t10-,13+,15-,16?/m0/s1. The summed E-state index contributed by atoms with van der Waals surface area (Å²) in [5, 5.41) is 10.6. The number of aliphatic hydroxyl groups excluding tert-OH is 1. The van der Waals surface area contributed by atoms with Crippen molar-refractivity contribution in [2.45, 2.75) is 57.5 Å². The largest absolute Gasteiger partial charge is 0.389 e. The highest BCUT2D eigenvalue weighted by Gasteiger charge is 2.45. The zero-order valence-corrected chi connectivity index (χ0v) is 11.4. The molecule has 102 valence electrons. The molecule has 0 aromatic heterocycles. The van der Waals surface area contributed by atoms with Crippen LogP contribution < -0.4 is 0 Å². The number of hydrogen-bond donors (Lipinski definition) is 1. The fourth-order valence-electron chi connectivity index (χ4n) is 5.20. The molecule has 2 fully saturated rings. The smallest absolute Gasteiger partial charge is 0.156 e. The van der Waals surface area contributed by atoms with Crippen molar-refractivity contribution in [1.82, 2.24) is 0 Å². The molecule has 1 N–H and O–H groups in total.